The van der Waals surface area contributed by atoms with Crippen LogP contribution in [0.1, 0.15) is 0 Å². The van der Waals surface area contributed by atoms with Crippen molar-refractivity contribution < 1.29 is 5.11 Å². The van der Waals surface area contributed by atoms with Crippen LogP contribution in [0.4, 0.5) is 0 Å². The van der Waals surface area contributed by atoms with Crippen molar-refractivity contribution in [2.24, 2.45) is 0 Å². The number of aromatic nitrogens is 3. The zero-order valence-electron chi connectivity index (χ0n) is 8.42. The molecule has 0 saturated heterocycles. The maximum atomic E-state index is 9.23. The summed E-state index contributed by atoms with van der Waals surface area (Å²) >= 11 is 1.56. The number of thioether (sulfide) groups is 1. The van der Waals surface area contributed by atoms with E-state index in [2.05, 4.69) is 16.8 Å². The van der Waals surface area contributed by atoms with Gasteiger partial charge in [0.2, 0.25) is 0 Å². The summed E-state index contributed by atoms with van der Waals surface area (Å²) in [4.78, 5) is 1.07. The van der Waals surface area contributed by atoms with E-state index in [0.717, 1.165) is 28.0 Å². The maximum absolute atomic E-state index is 9.23. The zero-order chi connectivity index (χ0) is 11.1. The van der Waals surface area contributed by atoms with Crippen LogP contribution in [0, 0.1) is 0 Å². The summed E-state index contributed by atoms with van der Waals surface area (Å²) < 4.78 is 2.03. The predicted octanol–water partition coefficient (Wildman–Crippen LogP) is 2.27. The van der Waals surface area contributed by atoms with Gasteiger partial charge in [0.15, 0.2) is 11.0 Å². The summed E-state index contributed by atoms with van der Waals surface area (Å²) in [6.07, 6.45) is 0. The van der Waals surface area contributed by atoms with E-state index in [-0.39, 0.29) is 5.75 Å². The van der Waals surface area contributed by atoms with E-state index in [1.165, 1.54) is 0 Å². The Labute approximate surface area is 96.6 Å². The van der Waals surface area contributed by atoms with Gasteiger partial charge in [0, 0.05) is 10.5 Å². The van der Waals surface area contributed by atoms with Crippen molar-refractivity contribution in [1.82, 2.24) is 14.8 Å². The minimum absolute atomic E-state index is 0.253. The van der Waals surface area contributed by atoms with E-state index < -0.39 is 0 Å². The largest absolute Gasteiger partial charge is 0.508 e. The second-order valence-electron chi connectivity index (χ2n) is 3.58. The SMILES string of the molecule is C=C1Cn2c(nnc2-c2ccc(O)cc2)S1. The van der Waals surface area contributed by atoms with Crippen LogP contribution >= 0.6 is 11.8 Å². The molecule has 2 heterocycles. The fraction of sp³-hybridized carbons (Fsp3) is 0.0909. The average molecular weight is 231 g/mol. The van der Waals surface area contributed by atoms with Crippen LogP contribution in [0.15, 0.2) is 40.9 Å². The number of allylic oxidation sites excluding steroid dienone is 1. The molecule has 0 spiro atoms. The van der Waals surface area contributed by atoms with Crippen molar-refractivity contribution in [3.8, 4) is 17.1 Å². The second kappa shape index (κ2) is 3.38. The van der Waals surface area contributed by atoms with Gasteiger partial charge in [-0.3, -0.25) is 4.57 Å². The number of hydrogen-bond acceptors (Lipinski definition) is 4. The molecule has 0 radical (unpaired) electrons. The molecule has 1 aromatic carbocycles. The Bertz CT molecular complexity index is 559. The van der Waals surface area contributed by atoms with Crippen molar-refractivity contribution in [3.05, 3.63) is 35.7 Å². The van der Waals surface area contributed by atoms with Gasteiger partial charge in [0.25, 0.3) is 0 Å². The van der Waals surface area contributed by atoms with Crippen LogP contribution in [0.3, 0.4) is 0 Å². The van der Waals surface area contributed by atoms with Gasteiger partial charge >= 0.3 is 0 Å². The van der Waals surface area contributed by atoms with E-state index in [1.54, 1.807) is 23.9 Å². The quantitative estimate of drug-likeness (QED) is 0.818. The van der Waals surface area contributed by atoms with Crippen LogP contribution in [0.2, 0.25) is 0 Å². The molecular formula is C11H9N3OS. The van der Waals surface area contributed by atoms with Crippen molar-refractivity contribution in [2.75, 3.05) is 0 Å². The number of rotatable bonds is 1. The lowest BCUT2D eigenvalue weighted by atomic mass is 10.2. The first kappa shape index (κ1) is 9.47. The molecule has 2 aromatic rings. The molecule has 0 atom stereocenters. The Morgan fingerprint density at radius 1 is 1.25 bits per heavy atom. The molecular weight excluding hydrogens is 222 g/mol. The van der Waals surface area contributed by atoms with Gasteiger partial charge in [-0.05, 0) is 24.3 Å². The van der Waals surface area contributed by atoms with Crippen LogP contribution in [-0.2, 0) is 6.54 Å². The van der Waals surface area contributed by atoms with Crippen molar-refractivity contribution in [3.63, 3.8) is 0 Å². The molecule has 0 amide bonds. The molecule has 1 aromatic heterocycles. The molecule has 1 aliphatic rings. The first-order valence-corrected chi connectivity index (χ1v) is 5.64. The highest BCUT2D eigenvalue weighted by atomic mass is 32.2. The smallest absolute Gasteiger partial charge is 0.196 e. The Balaban J connectivity index is 2.08. The fourth-order valence-corrected chi connectivity index (χ4v) is 2.46. The second-order valence-corrected chi connectivity index (χ2v) is 4.73. The lowest BCUT2D eigenvalue weighted by molar-refractivity contribution is 0.475. The summed E-state index contributed by atoms with van der Waals surface area (Å²) in [6, 6.07) is 6.96. The van der Waals surface area contributed by atoms with Crippen LogP contribution in [0.5, 0.6) is 5.75 Å². The molecule has 80 valence electrons. The third-order valence-electron chi connectivity index (χ3n) is 2.41. The molecule has 5 heteroatoms. The predicted molar refractivity (Wildman–Crippen MR) is 62.1 cm³/mol. The van der Waals surface area contributed by atoms with Gasteiger partial charge in [-0.1, -0.05) is 18.3 Å². The van der Waals surface area contributed by atoms with Crippen LogP contribution in [-0.4, -0.2) is 19.9 Å². The third kappa shape index (κ3) is 1.40. The molecule has 0 saturated carbocycles. The van der Waals surface area contributed by atoms with Gasteiger partial charge in [-0.15, -0.1) is 10.2 Å². The monoisotopic (exact) mass is 231 g/mol. The molecule has 0 unspecified atom stereocenters. The van der Waals surface area contributed by atoms with E-state index in [4.69, 9.17) is 0 Å². The molecule has 16 heavy (non-hydrogen) atoms. The highest BCUT2D eigenvalue weighted by Gasteiger charge is 2.21. The van der Waals surface area contributed by atoms with Crippen LogP contribution < -0.4 is 0 Å². The standard InChI is InChI=1S/C11H9N3OS/c1-7-6-14-10(12-13-11(14)16-7)8-2-4-9(15)5-3-8/h2-5,15H,1,6H2. The number of phenolic OH excluding ortho intramolecular Hbond substituents is 1. The van der Waals surface area contributed by atoms with Crippen molar-refractivity contribution in [2.45, 2.75) is 11.7 Å². The number of benzene rings is 1. The molecule has 4 nitrogen and oxygen atoms in total. The molecule has 1 N–H and O–H groups in total. The number of phenols is 1. The molecule has 0 bridgehead atoms. The van der Waals surface area contributed by atoms with E-state index >= 15 is 0 Å². The molecule has 0 fully saturated rings. The Kier molecular flexibility index (Phi) is 2.00. The lowest BCUT2D eigenvalue weighted by Crippen LogP contribution is -1.96. The van der Waals surface area contributed by atoms with E-state index in [1.807, 2.05) is 16.7 Å². The van der Waals surface area contributed by atoms with E-state index in [9.17, 15) is 5.11 Å². The minimum atomic E-state index is 0.253. The highest BCUT2D eigenvalue weighted by Crippen LogP contribution is 2.35. The summed E-state index contributed by atoms with van der Waals surface area (Å²) in [5.41, 5.74) is 0.951. The first-order chi connectivity index (χ1) is 7.74. The normalized spacial score (nSPS) is 14.1. The summed E-state index contributed by atoms with van der Waals surface area (Å²) in [7, 11) is 0. The summed E-state index contributed by atoms with van der Waals surface area (Å²) in [5.74, 6) is 1.07. The van der Waals surface area contributed by atoms with Gasteiger partial charge in [-0.2, -0.15) is 0 Å². The van der Waals surface area contributed by atoms with Crippen molar-refractivity contribution in [1.29, 1.82) is 0 Å². The minimum Gasteiger partial charge on any atom is -0.508 e. The fourth-order valence-electron chi connectivity index (χ4n) is 1.67. The molecule has 3 rings (SSSR count). The van der Waals surface area contributed by atoms with Gasteiger partial charge in [0.05, 0.1) is 6.54 Å². The number of fused-ring (bicyclic) bond motifs is 1. The number of hydrogen-bond donors (Lipinski definition) is 1. The maximum Gasteiger partial charge on any atom is 0.196 e. The molecule has 1 aliphatic heterocycles. The topological polar surface area (TPSA) is 50.9 Å². The summed E-state index contributed by atoms with van der Waals surface area (Å²) in [5, 5.41) is 18.4. The van der Waals surface area contributed by atoms with Crippen LogP contribution in [0.25, 0.3) is 11.4 Å². The number of aromatic hydroxyl groups is 1. The average Bonchev–Trinajstić information content (AvgIpc) is 2.78. The lowest BCUT2D eigenvalue weighted by Gasteiger charge is -2.02. The highest BCUT2D eigenvalue weighted by molar-refractivity contribution is 8.03. The zero-order valence-corrected chi connectivity index (χ0v) is 9.24. The number of nitrogens with zero attached hydrogens (tertiary/aromatic N) is 3. The Morgan fingerprint density at radius 3 is 2.75 bits per heavy atom. The Morgan fingerprint density at radius 2 is 2.00 bits per heavy atom. The first-order valence-electron chi connectivity index (χ1n) is 4.82. The Hall–Kier alpha value is -1.75. The third-order valence-corrected chi connectivity index (χ3v) is 3.31. The van der Waals surface area contributed by atoms with Gasteiger partial charge in [0.1, 0.15) is 5.75 Å². The van der Waals surface area contributed by atoms with Gasteiger partial charge in [-0.25, -0.2) is 0 Å². The van der Waals surface area contributed by atoms with Crippen molar-refractivity contribution >= 4 is 11.8 Å². The van der Waals surface area contributed by atoms with E-state index in [0.29, 0.717) is 0 Å². The molecule has 0 aliphatic carbocycles. The summed E-state index contributed by atoms with van der Waals surface area (Å²) in [6.45, 7) is 4.68. The van der Waals surface area contributed by atoms with Gasteiger partial charge < -0.3 is 5.11 Å².